The fraction of sp³-hybridized carbons (Fsp3) is 0.636. The SMILES string of the molecule is C#C[C@H]1O[C@]1(C#C)[C@H]1COC(C)(C)O1. The van der Waals surface area contributed by atoms with Gasteiger partial charge in [0.05, 0.1) is 6.61 Å². The van der Waals surface area contributed by atoms with Crippen LogP contribution in [0.5, 0.6) is 0 Å². The summed E-state index contributed by atoms with van der Waals surface area (Å²) in [6, 6.07) is 0. The van der Waals surface area contributed by atoms with Crippen LogP contribution in [0, 0.1) is 24.7 Å². The van der Waals surface area contributed by atoms with Gasteiger partial charge in [-0.15, -0.1) is 12.8 Å². The van der Waals surface area contributed by atoms with Crippen LogP contribution in [-0.4, -0.2) is 30.2 Å². The number of hydrogen-bond acceptors (Lipinski definition) is 3. The lowest BCUT2D eigenvalue weighted by atomic mass is 10.00. The van der Waals surface area contributed by atoms with E-state index in [1.807, 2.05) is 13.8 Å². The molecule has 2 saturated heterocycles. The molecule has 0 spiro atoms. The molecule has 0 aromatic heterocycles. The molecule has 0 bridgehead atoms. The quantitative estimate of drug-likeness (QED) is 0.449. The first-order chi connectivity index (χ1) is 6.54. The van der Waals surface area contributed by atoms with Gasteiger partial charge in [0.15, 0.2) is 17.5 Å². The molecule has 0 aromatic rings. The molecule has 0 N–H and O–H groups in total. The highest BCUT2D eigenvalue weighted by Gasteiger charge is 2.63. The highest BCUT2D eigenvalue weighted by atomic mass is 16.8. The monoisotopic (exact) mass is 192 g/mol. The Morgan fingerprint density at radius 2 is 2.00 bits per heavy atom. The Hall–Kier alpha value is -1.00. The first-order valence-electron chi connectivity index (χ1n) is 4.47. The van der Waals surface area contributed by atoms with Crippen molar-refractivity contribution < 1.29 is 14.2 Å². The second kappa shape index (κ2) is 2.74. The van der Waals surface area contributed by atoms with E-state index in [0.717, 1.165) is 0 Å². The molecular weight excluding hydrogens is 180 g/mol. The van der Waals surface area contributed by atoms with E-state index in [4.69, 9.17) is 27.1 Å². The Labute approximate surface area is 83.7 Å². The molecule has 0 radical (unpaired) electrons. The first-order valence-corrected chi connectivity index (χ1v) is 4.47. The zero-order chi connectivity index (χ0) is 10.4. The summed E-state index contributed by atoms with van der Waals surface area (Å²) in [6.07, 6.45) is 10.1. The summed E-state index contributed by atoms with van der Waals surface area (Å²) >= 11 is 0. The maximum Gasteiger partial charge on any atom is 0.195 e. The first kappa shape index (κ1) is 9.55. The van der Waals surface area contributed by atoms with Crippen molar-refractivity contribution in [1.82, 2.24) is 0 Å². The van der Waals surface area contributed by atoms with E-state index in [1.165, 1.54) is 0 Å². The van der Waals surface area contributed by atoms with Gasteiger partial charge in [-0.2, -0.15) is 0 Å². The summed E-state index contributed by atoms with van der Waals surface area (Å²) in [7, 11) is 0. The minimum atomic E-state index is -0.761. The summed E-state index contributed by atoms with van der Waals surface area (Å²) in [5, 5.41) is 0. The predicted octanol–water partition coefficient (Wildman–Crippen LogP) is 0.542. The molecule has 0 aliphatic carbocycles. The Kier molecular flexibility index (Phi) is 1.87. The van der Waals surface area contributed by atoms with Gasteiger partial charge in [0.2, 0.25) is 0 Å². The number of rotatable bonds is 1. The van der Waals surface area contributed by atoms with Crippen molar-refractivity contribution >= 4 is 0 Å². The van der Waals surface area contributed by atoms with Crippen LogP contribution in [0.4, 0.5) is 0 Å². The van der Waals surface area contributed by atoms with Gasteiger partial charge >= 0.3 is 0 Å². The van der Waals surface area contributed by atoms with E-state index in [-0.39, 0.29) is 12.2 Å². The Balaban J connectivity index is 2.12. The fourth-order valence-electron chi connectivity index (χ4n) is 1.66. The number of epoxide rings is 1. The van der Waals surface area contributed by atoms with E-state index in [9.17, 15) is 0 Å². The molecule has 3 nitrogen and oxygen atoms in total. The smallest absolute Gasteiger partial charge is 0.195 e. The topological polar surface area (TPSA) is 31.0 Å². The van der Waals surface area contributed by atoms with Crippen LogP contribution in [-0.2, 0) is 14.2 Å². The summed E-state index contributed by atoms with van der Waals surface area (Å²) in [5.74, 6) is 4.45. The third kappa shape index (κ3) is 1.22. The van der Waals surface area contributed by atoms with Crippen LogP contribution >= 0.6 is 0 Å². The van der Waals surface area contributed by atoms with Gasteiger partial charge in [-0.05, 0) is 13.8 Å². The van der Waals surface area contributed by atoms with E-state index in [1.54, 1.807) is 0 Å². The minimum Gasteiger partial charge on any atom is -0.348 e. The van der Waals surface area contributed by atoms with Crippen LogP contribution in [0.2, 0.25) is 0 Å². The van der Waals surface area contributed by atoms with Crippen LogP contribution in [0.15, 0.2) is 0 Å². The van der Waals surface area contributed by atoms with E-state index in [0.29, 0.717) is 6.61 Å². The summed E-state index contributed by atoms with van der Waals surface area (Å²) in [5.41, 5.74) is -0.761. The van der Waals surface area contributed by atoms with E-state index >= 15 is 0 Å². The second-order valence-corrected chi connectivity index (χ2v) is 3.92. The predicted molar refractivity (Wildman–Crippen MR) is 50.2 cm³/mol. The average Bonchev–Trinajstić information content (AvgIpc) is 2.77. The standard InChI is InChI=1S/C11H12O3/c1-5-8-11(6-2,14-8)9-7-12-10(3,4)13-9/h1-2,8-9H,7H2,3-4H3/t8-,9-,11+/m1/s1. The van der Waals surface area contributed by atoms with Crippen LogP contribution < -0.4 is 0 Å². The second-order valence-electron chi connectivity index (χ2n) is 3.92. The molecule has 2 fully saturated rings. The molecule has 0 saturated carbocycles. The molecule has 0 aromatic carbocycles. The minimum absolute atomic E-state index is 0.261. The molecule has 2 heterocycles. The summed E-state index contributed by atoms with van der Waals surface area (Å²) < 4.78 is 16.3. The molecule has 2 aliphatic heterocycles. The van der Waals surface area contributed by atoms with Crippen LogP contribution in [0.3, 0.4) is 0 Å². The summed E-state index contributed by atoms with van der Waals surface area (Å²) in [4.78, 5) is 0. The van der Waals surface area contributed by atoms with Gasteiger partial charge in [0, 0.05) is 0 Å². The molecule has 3 atom stereocenters. The van der Waals surface area contributed by atoms with Crippen molar-refractivity contribution in [2.45, 2.75) is 37.4 Å². The van der Waals surface area contributed by atoms with Gasteiger partial charge in [0.25, 0.3) is 0 Å². The molecule has 0 amide bonds. The fourth-order valence-corrected chi connectivity index (χ4v) is 1.66. The lowest BCUT2D eigenvalue weighted by molar-refractivity contribution is -0.143. The van der Waals surface area contributed by atoms with Crippen molar-refractivity contribution in [3.63, 3.8) is 0 Å². The molecule has 0 unspecified atom stereocenters. The maximum atomic E-state index is 5.61. The molecule has 3 heteroatoms. The number of terminal acetylenes is 2. The third-order valence-electron chi connectivity index (χ3n) is 2.51. The molecule has 14 heavy (non-hydrogen) atoms. The lowest BCUT2D eigenvalue weighted by Crippen LogP contribution is -2.34. The van der Waals surface area contributed by atoms with Gasteiger partial charge < -0.3 is 14.2 Å². The highest BCUT2D eigenvalue weighted by molar-refractivity contribution is 5.33. The van der Waals surface area contributed by atoms with Crippen LogP contribution in [0.25, 0.3) is 0 Å². The Bertz CT molecular complexity index is 333. The van der Waals surface area contributed by atoms with Crippen molar-refractivity contribution in [3.05, 3.63) is 0 Å². The number of hydrogen-bond donors (Lipinski definition) is 0. The zero-order valence-corrected chi connectivity index (χ0v) is 8.24. The molecule has 2 rings (SSSR count). The van der Waals surface area contributed by atoms with Crippen molar-refractivity contribution in [3.8, 4) is 24.7 Å². The average molecular weight is 192 g/mol. The maximum absolute atomic E-state index is 5.61. The van der Waals surface area contributed by atoms with Crippen LogP contribution in [0.1, 0.15) is 13.8 Å². The zero-order valence-electron chi connectivity index (χ0n) is 8.24. The summed E-state index contributed by atoms with van der Waals surface area (Å²) in [6.45, 7) is 4.10. The normalized spacial score (nSPS) is 44.0. The van der Waals surface area contributed by atoms with Crippen molar-refractivity contribution in [2.24, 2.45) is 0 Å². The Morgan fingerprint density at radius 1 is 1.29 bits per heavy atom. The lowest BCUT2D eigenvalue weighted by Gasteiger charge is -2.18. The van der Waals surface area contributed by atoms with Crippen molar-refractivity contribution in [2.75, 3.05) is 6.61 Å². The highest BCUT2D eigenvalue weighted by Crippen LogP contribution is 2.44. The molecule has 74 valence electrons. The third-order valence-corrected chi connectivity index (χ3v) is 2.51. The van der Waals surface area contributed by atoms with E-state index in [2.05, 4.69) is 11.8 Å². The van der Waals surface area contributed by atoms with Gasteiger partial charge in [-0.3, -0.25) is 0 Å². The van der Waals surface area contributed by atoms with Gasteiger partial charge in [-0.1, -0.05) is 11.8 Å². The molecule has 2 aliphatic rings. The van der Waals surface area contributed by atoms with Crippen molar-refractivity contribution in [1.29, 1.82) is 0 Å². The van der Waals surface area contributed by atoms with E-state index < -0.39 is 11.4 Å². The molecular formula is C11H12O3. The Morgan fingerprint density at radius 3 is 2.36 bits per heavy atom. The van der Waals surface area contributed by atoms with Gasteiger partial charge in [-0.25, -0.2) is 0 Å². The van der Waals surface area contributed by atoms with Gasteiger partial charge in [0.1, 0.15) is 6.10 Å². The largest absolute Gasteiger partial charge is 0.348 e. The number of ether oxygens (including phenoxy) is 3.